The summed E-state index contributed by atoms with van der Waals surface area (Å²) < 4.78 is 37.8. The lowest BCUT2D eigenvalue weighted by Crippen LogP contribution is -2.34. The monoisotopic (exact) mass is 345 g/mol. The summed E-state index contributed by atoms with van der Waals surface area (Å²) in [7, 11) is 0. The smallest absolute Gasteiger partial charge is 0.379 e. The molecular weight excluding hydrogens is 327 g/mol. The van der Waals surface area contributed by atoms with Gasteiger partial charge in [-0.2, -0.15) is 13.2 Å². The van der Waals surface area contributed by atoms with Gasteiger partial charge in [0.1, 0.15) is 5.69 Å². The highest BCUT2D eigenvalue weighted by Gasteiger charge is 2.33. The summed E-state index contributed by atoms with van der Waals surface area (Å²) in [4.78, 5) is 21.8. The van der Waals surface area contributed by atoms with Gasteiger partial charge in [0.2, 0.25) is 5.91 Å². The average Bonchev–Trinajstić information content (AvgIpc) is 3.30. The SMILES string of the molecule is CC(NC(=O)CCNc1ccc(C(F)(F)F)cc1[N+](=O)[O-])C1CC1. The third kappa shape index (κ3) is 4.84. The van der Waals surface area contributed by atoms with Gasteiger partial charge in [-0.05, 0) is 37.8 Å². The van der Waals surface area contributed by atoms with Crippen molar-refractivity contribution in [3.05, 3.63) is 33.9 Å². The first kappa shape index (κ1) is 18.0. The molecule has 0 radical (unpaired) electrons. The van der Waals surface area contributed by atoms with E-state index in [-0.39, 0.29) is 30.6 Å². The van der Waals surface area contributed by atoms with E-state index in [0.29, 0.717) is 12.0 Å². The van der Waals surface area contributed by atoms with Gasteiger partial charge in [-0.15, -0.1) is 0 Å². The summed E-state index contributed by atoms with van der Waals surface area (Å²) in [6, 6.07) is 2.35. The quantitative estimate of drug-likeness (QED) is 0.586. The Labute approximate surface area is 136 Å². The maximum absolute atomic E-state index is 12.6. The van der Waals surface area contributed by atoms with Crippen LogP contribution in [0.5, 0.6) is 0 Å². The molecule has 0 bridgehead atoms. The first-order valence-electron chi connectivity index (χ1n) is 7.57. The van der Waals surface area contributed by atoms with Crippen molar-refractivity contribution < 1.29 is 22.9 Å². The number of halogens is 3. The number of rotatable bonds is 7. The number of alkyl halides is 3. The lowest BCUT2D eigenvalue weighted by Gasteiger charge is -2.13. The number of nitro groups is 1. The molecule has 1 amide bonds. The lowest BCUT2D eigenvalue weighted by atomic mass is 10.1. The van der Waals surface area contributed by atoms with E-state index in [9.17, 15) is 28.1 Å². The minimum atomic E-state index is -4.65. The van der Waals surface area contributed by atoms with Gasteiger partial charge in [0.05, 0.1) is 10.5 Å². The van der Waals surface area contributed by atoms with Crippen LogP contribution in [0.1, 0.15) is 31.7 Å². The second kappa shape index (κ2) is 7.06. The molecule has 9 heteroatoms. The summed E-state index contributed by atoms with van der Waals surface area (Å²) in [5.41, 5.74) is -1.80. The minimum absolute atomic E-state index is 0.0453. The maximum Gasteiger partial charge on any atom is 0.416 e. The fraction of sp³-hybridized carbons (Fsp3) is 0.533. The number of carbonyl (C=O) groups excluding carboxylic acids is 1. The van der Waals surface area contributed by atoms with Crippen LogP contribution in [0.15, 0.2) is 18.2 Å². The Morgan fingerprint density at radius 3 is 2.62 bits per heavy atom. The zero-order chi connectivity index (χ0) is 17.9. The van der Waals surface area contributed by atoms with Crippen LogP contribution in [0.25, 0.3) is 0 Å². The minimum Gasteiger partial charge on any atom is -0.379 e. The largest absolute Gasteiger partial charge is 0.416 e. The fourth-order valence-electron chi connectivity index (χ4n) is 2.36. The van der Waals surface area contributed by atoms with Crippen molar-refractivity contribution in [1.82, 2.24) is 5.32 Å². The third-order valence-corrected chi connectivity index (χ3v) is 3.91. The molecule has 2 N–H and O–H groups in total. The van der Waals surface area contributed by atoms with Crippen LogP contribution in [0.3, 0.4) is 0 Å². The molecule has 0 saturated heterocycles. The molecule has 132 valence electrons. The third-order valence-electron chi connectivity index (χ3n) is 3.91. The Bertz CT molecular complexity index is 630. The maximum atomic E-state index is 12.6. The zero-order valence-corrected chi connectivity index (χ0v) is 13.0. The number of hydrogen-bond acceptors (Lipinski definition) is 4. The molecule has 1 aliphatic rings. The molecule has 1 fully saturated rings. The molecule has 1 aliphatic carbocycles. The van der Waals surface area contributed by atoms with Crippen molar-refractivity contribution in [3.63, 3.8) is 0 Å². The van der Waals surface area contributed by atoms with Crippen molar-refractivity contribution >= 4 is 17.3 Å². The van der Waals surface area contributed by atoms with E-state index >= 15 is 0 Å². The van der Waals surface area contributed by atoms with Gasteiger partial charge < -0.3 is 10.6 Å². The topological polar surface area (TPSA) is 84.3 Å². The standard InChI is InChI=1S/C15H18F3N3O3/c1-9(10-2-3-10)20-14(22)6-7-19-12-5-4-11(15(16,17)18)8-13(12)21(23)24/h4-5,8-10,19H,2-3,6-7H2,1H3,(H,20,22). The average molecular weight is 345 g/mol. The van der Waals surface area contributed by atoms with E-state index in [1.807, 2.05) is 6.92 Å². The number of anilines is 1. The Hall–Kier alpha value is -2.32. The molecule has 0 spiro atoms. The van der Waals surface area contributed by atoms with E-state index in [0.717, 1.165) is 25.0 Å². The van der Waals surface area contributed by atoms with Crippen LogP contribution in [-0.4, -0.2) is 23.4 Å². The molecule has 0 heterocycles. The highest BCUT2D eigenvalue weighted by Crippen LogP contribution is 2.35. The molecule has 1 saturated carbocycles. The molecule has 6 nitrogen and oxygen atoms in total. The van der Waals surface area contributed by atoms with E-state index < -0.39 is 22.4 Å². The first-order valence-corrected chi connectivity index (χ1v) is 7.57. The van der Waals surface area contributed by atoms with Crippen LogP contribution in [0.4, 0.5) is 24.5 Å². The van der Waals surface area contributed by atoms with E-state index in [2.05, 4.69) is 10.6 Å². The number of nitrogens with zero attached hydrogens (tertiary/aromatic N) is 1. The summed E-state index contributed by atoms with van der Waals surface area (Å²) in [5, 5.41) is 16.4. The number of hydrogen-bond donors (Lipinski definition) is 2. The molecule has 1 aromatic rings. The molecule has 24 heavy (non-hydrogen) atoms. The predicted octanol–water partition coefficient (Wildman–Crippen LogP) is 3.33. The Morgan fingerprint density at radius 2 is 2.08 bits per heavy atom. The van der Waals surface area contributed by atoms with Crippen molar-refractivity contribution in [2.75, 3.05) is 11.9 Å². The molecular formula is C15H18F3N3O3. The molecule has 1 atom stereocenters. The van der Waals surface area contributed by atoms with Crippen molar-refractivity contribution in [2.45, 2.75) is 38.4 Å². The highest BCUT2D eigenvalue weighted by molar-refractivity contribution is 5.77. The Balaban J connectivity index is 1.93. The van der Waals surface area contributed by atoms with Gasteiger partial charge in [-0.1, -0.05) is 0 Å². The summed E-state index contributed by atoms with van der Waals surface area (Å²) in [6.07, 6.45) is -2.38. The van der Waals surface area contributed by atoms with Crippen LogP contribution in [0, 0.1) is 16.0 Å². The van der Waals surface area contributed by atoms with Crippen LogP contribution in [0.2, 0.25) is 0 Å². The molecule has 0 aliphatic heterocycles. The molecule has 0 aromatic heterocycles. The normalized spacial score (nSPS) is 15.7. The second-order valence-corrected chi connectivity index (χ2v) is 5.86. The number of amides is 1. The van der Waals surface area contributed by atoms with E-state index in [1.165, 1.54) is 0 Å². The van der Waals surface area contributed by atoms with Crippen molar-refractivity contribution in [2.24, 2.45) is 5.92 Å². The van der Waals surface area contributed by atoms with E-state index in [4.69, 9.17) is 0 Å². The fourth-order valence-corrected chi connectivity index (χ4v) is 2.36. The zero-order valence-electron chi connectivity index (χ0n) is 13.0. The van der Waals surface area contributed by atoms with Crippen LogP contribution < -0.4 is 10.6 Å². The van der Waals surface area contributed by atoms with Gasteiger partial charge in [-0.3, -0.25) is 14.9 Å². The lowest BCUT2D eigenvalue weighted by molar-refractivity contribution is -0.384. The Kier molecular flexibility index (Phi) is 5.30. The second-order valence-electron chi connectivity index (χ2n) is 5.86. The first-order chi connectivity index (χ1) is 11.2. The van der Waals surface area contributed by atoms with Gasteiger partial charge >= 0.3 is 6.18 Å². The van der Waals surface area contributed by atoms with Crippen LogP contribution in [-0.2, 0) is 11.0 Å². The van der Waals surface area contributed by atoms with Crippen LogP contribution >= 0.6 is 0 Å². The molecule has 1 aromatic carbocycles. The number of nitrogens with one attached hydrogen (secondary N) is 2. The van der Waals surface area contributed by atoms with Gasteiger partial charge in [-0.25, -0.2) is 0 Å². The van der Waals surface area contributed by atoms with Gasteiger partial charge in [0.15, 0.2) is 0 Å². The number of carbonyl (C=O) groups is 1. The molecule has 1 unspecified atom stereocenters. The number of nitro benzene ring substituents is 1. The summed E-state index contributed by atoms with van der Waals surface area (Å²) in [6.45, 7) is 2.01. The van der Waals surface area contributed by atoms with E-state index in [1.54, 1.807) is 0 Å². The molecule has 2 rings (SSSR count). The summed E-state index contributed by atoms with van der Waals surface area (Å²) >= 11 is 0. The number of benzene rings is 1. The Morgan fingerprint density at radius 1 is 1.42 bits per heavy atom. The van der Waals surface area contributed by atoms with Crippen molar-refractivity contribution in [1.29, 1.82) is 0 Å². The highest BCUT2D eigenvalue weighted by atomic mass is 19.4. The van der Waals surface area contributed by atoms with Crippen molar-refractivity contribution in [3.8, 4) is 0 Å². The van der Waals surface area contributed by atoms with Gasteiger partial charge in [0, 0.05) is 25.1 Å². The predicted molar refractivity (Wildman–Crippen MR) is 81.5 cm³/mol. The summed E-state index contributed by atoms with van der Waals surface area (Å²) in [5.74, 6) is 0.314. The van der Waals surface area contributed by atoms with Gasteiger partial charge in [0.25, 0.3) is 5.69 Å².